The molecule has 2 heterocycles. The van der Waals surface area contributed by atoms with Crippen LogP contribution in [-0.2, 0) is 0 Å². The van der Waals surface area contributed by atoms with Crippen LogP contribution in [0.1, 0.15) is 30.3 Å². The molecule has 1 fully saturated rings. The van der Waals surface area contributed by atoms with Gasteiger partial charge in [-0.05, 0) is 43.0 Å². The van der Waals surface area contributed by atoms with Gasteiger partial charge in [0.2, 0.25) is 0 Å². The number of halogens is 3. The number of carbonyl (C=O) groups is 1. The monoisotopic (exact) mass is 350 g/mol. The first-order valence-corrected chi connectivity index (χ1v) is 7.99. The van der Waals surface area contributed by atoms with Crippen molar-refractivity contribution < 1.29 is 18.0 Å². The van der Waals surface area contributed by atoms with Gasteiger partial charge in [0.1, 0.15) is 0 Å². The quantitative estimate of drug-likeness (QED) is 0.861. The number of amides is 1. The second-order valence-electron chi connectivity index (χ2n) is 6.15. The molecule has 3 rings (SSSR count). The average molecular weight is 350 g/mol. The number of benzene rings is 1. The summed E-state index contributed by atoms with van der Waals surface area (Å²) in [5, 5.41) is 10.2. The molecule has 1 atom stereocenters. The van der Waals surface area contributed by atoms with Gasteiger partial charge in [0.25, 0.3) is 5.91 Å². The number of hydrogen-bond donors (Lipinski definition) is 1. The molecule has 1 aliphatic heterocycles. The second kappa shape index (κ2) is 7.08. The normalized spacial score (nSPS) is 17.4. The minimum Gasteiger partial charge on any atom is -0.337 e. The van der Waals surface area contributed by atoms with E-state index in [1.54, 1.807) is 4.90 Å². The lowest BCUT2D eigenvalue weighted by molar-refractivity contribution is 0.0676. The molecule has 1 aromatic heterocycles. The van der Waals surface area contributed by atoms with Gasteiger partial charge in [-0.1, -0.05) is 6.92 Å². The summed E-state index contributed by atoms with van der Waals surface area (Å²) in [6.45, 7) is 3.46. The fourth-order valence-corrected chi connectivity index (χ4v) is 2.81. The number of rotatable bonds is 3. The van der Waals surface area contributed by atoms with E-state index in [1.165, 1.54) is 12.1 Å². The summed E-state index contributed by atoms with van der Waals surface area (Å²) in [5.41, 5.74) is -0.0810. The summed E-state index contributed by atoms with van der Waals surface area (Å²) in [6.07, 6.45) is 2.05. The van der Waals surface area contributed by atoms with Crippen molar-refractivity contribution >= 4 is 17.4 Å². The van der Waals surface area contributed by atoms with Crippen molar-refractivity contribution in [1.29, 1.82) is 0 Å². The van der Waals surface area contributed by atoms with Crippen LogP contribution >= 0.6 is 0 Å². The van der Waals surface area contributed by atoms with Crippen LogP contribution in [0.25, 0.3) is 0 Å². The number of anilines is 2. The van der Waals surface area contributed by atoms with Crippen molar-refractivity contribution in [3.05, 3.63) is 47.4 Å². The van der Waals surface area contributed by atoms with Gasteiger partial charge in [-0.2, -0.15) is 0 Å². The molecule has 0 spiro atoms. The van der Waals surface area contributed by atoms with Crippen molar-refractivity contribution in [3.8, 4) is 0 Å². The Morgan fingerprint density at radius 1 is 1.16 bits per heavy atom. The predicted octanol–water partition coefficient (Wildman–Crippen LogP) is 3.51. The molecule has 1 saturated heterocycles. The molecule has 0 bridgehead atoms. The van der Waals surface area contributed by atoms with Crippen LogP contribution in [0.2, 0.25) is 0 Å². The van der Waals surface area contributed by atoms with Crippen LogP contribution < -0.4 is 5.32 Å². The Hall–Kier alpha value is -2.64. The fourth-order valence-electron chi connectivity index (χ4n) is 2.81. The van der Waals surface area contributed by atoms with Crippen molar-refractivity contribution in [1.82, 2.24) is 15.1 Å². The van der Waals surface area contributed by atoms with Gasteiger partial charge in [0.05, 0.1) is 5.69 Å². The van der Waals surface area contributed by atoms with E-state index < -0.39 is 17.5 Å². The molecule has 2 aromatic rings. The minimum absolute atomic E-state index is 0.119. The Balaban J connectivity index is 1.72. The number of nitrogens with zero attached hydrogens (tertiary/aromatic N) is 3. The molecule has 0 aliphatic carbocycles. The molecule has 8 heteroatoms. The van der Waals surface area contributed by atoms with E-state index in [-0.39, 0.29) is 23.1 Å². The van der Waals surface area contributed by atoms with Gasteiger partial charge in [0.15, 0.2) is 29.0 Å². The van der Waals surface area contributed by atoms with Gasteiger partial charge < -0.3 is 10.2 Å². The zero-order valence-corrected chi connectivity index (χ0v) is 13.6. The summed E-state index contributed by atoms with van der Waals surface area (Å²) in [5.74, 6) is -3.82. The molecular formula is C17H17F3N4O. The third kappa shape index (κ3) is 3.72. The first-order chi connectivity index (χ1) is 12.0. The molecule has 132 valence electrons. The highest BCUT2D eigenvalue weighted by Crippen LogP contribution is 2.23. The average Bonchev–Trinajstić information content (AvgIpc) is 2.62. The fraction of sp³-hybridized carbons (Fsp3) is 0.353. The van der Waals surface area contributed by atoms with Crippen LogP contribution in [0.3, 0.4) is 0 Å². The molecule has 5 nitrogen and oxygen atoms in total. The maximum Gasteiger partial charge on any atom is 0.274 e. The second-order valence-corrected chi connectivity index (χ2v) is 6.15. The van der Waals surface area contributed by atoms with E-state index in [2.05, 4.69) is 22.4 Å². The number of nitrogens with one attached hydrogen (secondary N) is 1. The molecular weight excluding hydrogens is 333 g/mol. The summed E-state index contributed by atoms with van der Waals surface area (Å²) >= 11 is 0. The zero-order chi connectivity index (χ0) is 18.0. The first-order valence-electron chi connectivity index (χ1n) is 7.99. The first kappa shape index (κ1) is 17.2. The number of likely N-dealkylation sites (tertiary alicyclic amines) is 1. The molecule has 1 N–H and O–H groups in total. The van der Waals surface area contributed by atoms with E-state index in [4.69, 9.17) is 0 Å². The highest BCUT2D eigenvalue weighted by molar-refractivity contribution is 5.92. The van der Waals surface area contributed by atoms with Gasteiger partial charge in [0, 0.05) is 13.1 Å². The molecule has 1 amide bonds. The van der Waals surface area contributed by atoms with Gasteiger partial charge in [-0.3, -0.25) is 4.79 Å². The lowest BCUT2D eigenvalue weighted by Crippen LogP contribution is -2.39. The molecule has 1 unspecified atom stereocenters. The maximum atomic E-state index is 13.6. The summed E-state index contributed by atoms with van der Waals surface area (Å²) < 4.78 is 39.8. The van der Waals surface area contributed by atoms with Crippen LogP contribution in [0, 0.1) is 23.4 Å². The number of aromatic nitrogens is 2. The Morgan fingerprint density at radius 2 is 1.96 bits per heavy atom. The van der Waals surface area contributed by atoms with Crippen molar-refractivity contribution in [2.24, 2.45) is 5.92 Å². The Morgan fingerprint density at radius 3 is 2.64 bits per heavy atom. The van der Waals surface area contributed by atoms with Crippen LogP contribution in [0.15, 0.2) is 24.3 Å². The van der Waals surface area contributed by atoms with E-state index in [9.17, 15) is 18.0 Å². The Labute approximate surface area is 142 Å². The van der Waals surface area contributed by atoms with Crippen LogP contribution in [0.5, 0.6) is 0 Å². The lowest BCUT2D eigenvalue weighted by atomic mass is 10.00. The summed E-state index contributed by atoms with van der Waals surface area (Å²) in [7, 11) is 0. The number of hydrogen-bond acceptors (Lipinski definition) is 4. The maximum absolute atomic E-state index is 13.6. The van der Waals surface area contributed by atoms with Crippen LogP contribution in [-0.4, -0.2) is 34.1 Å². The van der Waals surface area contributed by atoms with Crippen molar-refractivity contribution in [2.45, 2.75) is 19.8 Å². The van der Waals surface area contributed by atoms with Crippen molar-refractivity contribution in [2.75, 3.05) is 18.4 Å². The topological polar surface area (TPSA) is 58.1 Å². The van der Waals surface area contributed by atoms with E-state index in [0.29, 0.717) is 19.0 Å². The third-order valence-electron chi connectivity index (χ3n) is 4.13. The molecule has 0 saturated carbocycles. The van der Waals surface area contributed by atoms with Crippen molar-refractivity contribution in [3.63, 3.8) is 0 Å². The van der Waals surface area contributed by atoms with E-state index in [0.717, 1.165) is 25.0 Å². The lowest BCUT2D eigenvalue weighted by Gasteiger charge is -2.30. The predicted molar refractivity (Wildman–Crippen MR) is 85.9 cm³/mol. The Kier molecular flexibility index (Phi) is 4.87. The standard InChI is InChI=1S/C17H17F3N4O/c1-10-3-2-8-24(9-10)17(25)13-6-7-14(23-22-13)21-12-5-4-11(18)15(19)16(12)20/h4-7,10H,2-3,8-9H2,1H3,(H,21,23). The summed E-state index contributed by atoms with van der Waals surface area (Å²) in [4.78, 5) is 14.1. The van der Waals surface area contributed by atoms with Gasteiger partial charge >= 0.3 is 0 Å². The highest BCUT2D eigenvalue weighted by Gasteiger charge is 2.23. The largest absolute Gasteiger partial charge is 0.337 e. The molecule has 25 heavy (non-hydrogen) atoms. The number of piperidine rings is 1. The van der Waals surface area contributed by atoms with E-state index >= 15 is 0 Å². The zero-order valence-electron chi connectivity index (χ0n) is 13.6. The Bertz CT molecular complexity index is 782. The number of carbonyl (C=O) groups excluding carboxylic acids is 1. The minimum atomic E-state index is -1.57. The molecule has 0 radical (unpaired) electrons. The smallest absolute Gasteiger partial charge is 0.274 e. The van der Waals surface area contributed by atoms with Crippen LogP contribution in [0.4, 0.5) is 24.7 Å². The summed E-state index contributed by atoms with van der Waals surface area (Å²) in [6, 6.07) is 4.77. The third-order valence-corrected chi connectivity index (χ3v) is 4.13. The SMILES string of the molecule is CC1CCCN(C(=O)c2ccc(Nc3ccc(F)c(F)c3F)nn2)C1. The van der Waals surface area contributed by atoms with E-state index in [1.807, 2.05) is 0 Å². The van der Waals surface area contributed by atoms with Gasteiger partial charge in [-0.25, -0.2) is 13.2 Å². The molecule has 1 aromatic carbocycles. The van der Waals surface area contributed by atoms with Gasteiger partial charge in [-0.15, -0.1) is 10.2 Å². The highest BCUT2D eigenvalue weighted by atomic mass is 19.2. The molecule has 1 aliphatic rings.